The number of hydrogen-bond donors (Lipinski definition) is 2. The number of allylic oxidation sites excluding steroid dienone is 1. The molecule has 2 nitrogen and oxygen atoms in total. The zero-order valence-corrected chi connectivity index (χ0v) is 18.3. The van der Waals surface area contributed by atoms with Gasteiger partial charge in [0.05, 0.1) is 12.2 Å². The van der Waals surface area contributed by atoms with E-state index >= 15 is 0 Å². The number of aliphatic hydroxyl groups excluding tert-OH is 2. The largest absolute Gasteiger partial charge is 0.393 e. The summed E-state index contributed by atoms with van der Waals surface area (Å²) in [5.74, 6) is 1.83. The molecule has 4 aliphatic carbocycles. The molecule has 3 heteroatoms. The molecular weight excluding hydrogens is 380 g/mol. The van der Waals surface area contributed by atoms with Gasteiger partial charge in [0.1, 0.15) is 0 Å². The summed E-state index contributed by atoms with van der Waals surface area (Å²) in [7, 11) is 0. The van der Waals surface area contributed by atoms with Crippen LogP contribution in [-0.4, -0.2) is 22.4 Å². The Kier molecular flexibility index (Phi) is 4.77. The van der Waals surface area contributed by atoms with E-state index in [1.165, 1.54) is 12.0 Å². The second kappa shape index (κ2) is 6.97. The van der Waals surface area contributed by atoms with Crippen molar-refractivity contribution in [2.45, 2.75) is 71.0 Å². The molecule has 7 atom stereocenters. The molecule has 3 saturated carbocycles. The lowest BCUT2D eigenvalue weighted by Gasteiger charge is -2.57. The minimum Gasteiger partial charge on any atom is -0.393 e. The van der Waals surface area contributed by atoms with Crippen molar-refractivity contribution in [3.63, 3.8) is 0 Å². The zero-order valence-electron chi connectivity index (χ0n) is 17.6. The van der Waals surface area contributed by atoms with Crippen molar-refractivity contribution in [1.29, 1.82) is 0 Å². The van der Waals surface area contributed by atoms with Crippen LogP contribution in [0.25, 0.3) is 6.08 Å². The van der Waals surface area contributed by atoms with Crippen molar-refractivity contribution < 1.29 is 10.2 Å². The molecule has 0 amide bonds. The van der Waals surface area contributed by atoms with Crippen molar-refractivity contribution in [2.24, 2.45) is 28.6 Å². The summed E-state index contributed by atoms with van der Waals surface area (Å²) in [5.41, 5.74) is 3.88. The van der Waals surface area contributed by atoms with Crippen molar-refractivity contribution in [3.8, 4) is 0 Å². The van der Waals surface area contributed by atoms with Gasteiger partial charge in [-0.05, 0) is 85.3 Å². The Bertz CT molecular complexity index is 873. The summed E-state index contributed by atoms with van der Waals surface area (Å²) in [5, 5.41) is 22.3. The highest BCUT2D eigenvalue weighted by Gasteiger charge is 2.59. The Morgan fingerprint density at radius 3 is 2.62 bits per heavy atom. The minimum atomic E-state index is -0.379. The van der Waals surface area contributed by atoms with Gasteiger partial charge in [0, 0.05) is 10.4 Å². The maximum Gasteiger partial charge on any atom is 0.0809 e. The number of fused-ring (bicyclic) bond motifs is 5. The van der Waals surface area contributed by atoms with Crippen LogP contribution in [0.5, 0.6) is 0 Å². The third-order valence-corrected chi connectivity index (χ3v) is 9.54. The molecule has 5 rings (SSSR count). The molecular formula is C26H33ClO2. The molecule has 1 aromatic carbocycles. The summed E-state index contributed by atoms with van der Waals surface area (Å²) in [6.07, 6.45) is 11.3. The van der Waals surface area contributed by atoms with Crippen LogP contribution in [0.4, 0.5) is 0 Å². The van der Waals surface area contributed by atoms with Crippen LogP contribution in [0.3, 0.4) is 0 Å². The second-order valence-corrected chi connectivity index (χ2v) is 11.0. The quantitative estimate of drug-likeness (QED) is 0.554. The third-order valence-electron chi connectivity index (χ3n) is 9.19. The molecule has 4 aliphatic rings. The standard InChI is InChI=1S/C26H33ClO2/c1-25-11-9-19(28)15-18(25)7-8-20-21(25)10-12-26(2)22(20)14-17(24(26)29)13-16-5-3-4-6-23(16)27/h3-7,13,19-22,24,28-29H,8-12,14-15H2,1-2H3/b17-13+/t19-,20-,21+,22+,24-,25+,26+/m1/s1. The Balaban J connectivity index is 1.48. The molecule has 0 spiro atoms. The number of halogens is 1. The van der Waals surface area contributed by atoms with Crippen LogP contribution in [0.1, 0.15) is 64.4 Å². The minimum absolute atomic E-state index is 0.0376. The lowest BCUT2D eigenvalue weighted by atomic mass is 9.48. The van der Waals surface area contributed by atoms with Crippen molar-refractivity contribution in [3.05, 3.63) is 52.1 Å². The number of benzene rings is 1. The van der Waals surface area contributed by atoms with Crippen molar-refractivity contribution >= 4 is 17.7 Å². The van der Waals surface area contributed by atoms with Gasteiger partial charge in [-0.15, -0.1) is 0 Å². The summed E-state index contributed by atoms with van der Waals surface area (Å²) in [4.78, 5) is 0. The van der Waals surface area contributed by atoms with E-state index in [2.05, 4.69) is 26.0 Å². The van der Waals surface area contributed by atoms with Crippen LogP contribution >= 0.6 is 11.6 Å². The molecule has 0 heterocycles. The smallest absolute Gasteiger partial charge is 0.0809 e. The van der Waals surface area contributed by atoms with Gasteiger partial charge in [-0.2, -0.15) is 0 Å². The Morgan fingerprint density at radius 2 is 1.83 bits per heavy atom. The molecule has 1 aromatic rings. The first kappa shape index (κ1) is 19.8. The van der Waals surface area contributed by atoms with Gasteiger partial charge in [-0.1, -0.05) is 61.4 Å². The highest BCUT2D eigenvalue weighted by molar-refractivity contribution is 6.32. The van der Waals surface area contributed by atoms with Gasteiger partial charge < -0.3 is 10.2 Å². The van der Waals surface area contributed by atoms with E-state index < -0.39 is 0 Å². The topological polar surface area (TPSA) is 40.5 Å². The second-order valence-electron chi connectivity index (χ2n) is 10.5. The fourth-order valence-corrected chi connectivity index (χ4v) is 7.62. The Morgan fingerprint density at radius 1 is 1.03 bits per heavy atom. The Labute approximate surface area is 179 Å². The van der Waals surface area contributed by atoms with E-state index in [0.29, 0.717) is 17.8 Å². The number of rotatable bonds is 1. The van der Waals surface area contributed by atoms with Gasteiger partial charge in [-0.25, -0.2) is 0 Å². The first-order chi connectivity index (χ1) is 13.8. The lowest BCUT2D eigenvalue weighted by Crippen LogP contribution is -2.51. The van der Waals surface area contributed by atoms with Crippen LogP contribution in [0.15, 0.2) is 41.5 Å². The molecule has 0 bridgehead atoms. The Hall–Kier alpha value is -1.09. The molecule has 29 heavy (non-hydrogen) atoms. The van der Waals surface area contributed by atoms with Crippen LogP contribution in [0, 0.1) is 28.6 Å². The van der Waals surface area contributed by atoms with E-state index in [1.54, 1.807) is 0 Å². The van der Waals surface area contributed by atoms with Gasteiger partial charge in [-0.3, -0.25) is 0 Å². The SMILES string of the molecule is C[C@]12CC[C@H]3[C@@H](CC=C4C[C@H](O)CC[C@@]43C)[C@@H]1C/C(=C\c1ccccc1Cl)[C@H]2O. The van der Waals surface area contributed by atoms with Crippen LogP contribution < -0.4 is 0 Å². The van der Waals surface area contributed by atoms with Gasteiger partial charge in [0.15, 0.2) is 0 Å². The van der Waals surface area contributed by atoms with Crippen LogP contribution in [0.2, 0.25) is 5.02 Å². The van der Waals surface area contributed by atoms with E-state index in [-0.39, 0.29) is 23.0 Å². The highest BCUT2D eigenvalue weighted by Crippen LogP contribution is 2.65. The molecule has 0 saturated heterocycles. The summed E-state index contributed by atoms with van der Waals surface area (Å²) in [6.45, 7) is 4.77. The highest BCUT2D eigenvalue weighted by atomic mass is 35.5. The van der Waals surface area contributed by atoms with Crippen molar-refractivity contribution in [2.75, 3.05) is 0 Å². The monoisotopic (exact) mass is 412 g/mol. The molecule has 3 fully saturated rings. The molecule has 0 unspecified atom stereocenters. The van der Waals surface area contributed by atoms with Crippen molar-refractivity contribution in [1.82, 2.24) is 0 Å². The van der Waals surface area contributed by atoms with E-state index in [0.717, 1.165) is 54.7 Å². The predicted molar refractivity (Wildman–Crippen MR) is 119 cm³/mol. The molecule has 2 N–H and O–H groups in total. The van der Waals surface area contributed by atoms with E-state index in [9.17, 15) is 10.2 Å². The first-order valence-corrected chi connectivity index (χ1v) is 11.7. The fourth-order valence-electron chi connectivity index (χ4n) is 7.43. The summed E-state index contributed by atoms with van der Waals surface area (Å²) >= 11 is 6.40. The third kappa shape index (κ3) is 2.98. The maximum absolute atomic E-state index is 11.4. The molecule has 0 aromatic heterocycles. The molecule has 0 aliphatic heterocycles. The first-order valence-electron chi connectivity index (χ1n) is 11.3. The summed E-state index contributed by atoms with van der Waals surface area (Å²) < 4.78 is 0. The fraction of sp³-hybridized carbons (Fsp3) is 0.615. The van der Waals surface area contributed by atoms with Gasteiger partial charge >= 0.3 is 0 Å². The maximum atomic E-state index is 11.4. The molecule has 156 valence electrons. The normalized spacial score (nSPS) is 45.3. The summed E-state index contributed by atoms with van der Waals surface area (Å²) in [6, 6.07) is 7.93. The number of hydrogen-bond acceptors (Lipinski definition) is 2. The average Bonchev–Trinajstić information content (AvgIpc) is 2.95. The lowest BCUT2D eigenvalue weighted by molar-refractivity contribution is -0.0685. The molecule has 0 radical (unpaired) electrons. The van der Waals surface area contributed by atoms with E-state index in [4.69, 9.17) is 11.6 Å². The van der Waals surface area contributed by atoms with Gasteiger partial charge in [0.25, 0.3) is 0 Å². The predicted octanol–water partition coefficient (Wildman–Crippen LogP) is 6.02. The average molecular weight is 413 g/mol. The van der Waals surface area contributed by atoms with Gasteiger partial charge in [0.2, 0.25) is 0 Å². The number of aliphatic hydroxyl groups is 2. The van der Waals surface area contributed by atoms with E-state index in [1.807, 2.05) is 24.3 Å². The zero-order chi connectivity index (χ0) is 20.4. The van der Waals surface area contributed by atoms with Crippen LogP contribution in [-0.2, 0) is 0 Å².